The number of hydrogen-bond acceptors (Lipinski definition) is 3. The van der Waals surface area contributed by atoms with Crippen molar-refractivity contribution in [1.29, 1.82) is 0 Å². The fraction of sp³-hybridized carbons (Fsp3) is 0.688. The molecule has 1 fully saturated rings. The lowest BCUT2D eigenvalue weighted by Crippen LogP contribution is -2.40. The molecule has 2 heterocycles. The molecule has 0 spiro atoms. The van der Waals surface area contributed by atoms with Gasteiger partial charge in [0.1, 0.15) is 0 Å². The van der Waals surface area contributed by atoms with E-state index in [1.54, 1.807) is 11.1 Å². The van der Waals surface area contributed by atoms with Gasteiger partial charge >= 0.3 is 5.97 Å². The van der Waals surface area contributed by atoms with Gasteiger partial charge in [-0.05, 0) is 40.0 Å². The average Bonchev–Trinajstić information content (AvgIpc) is 2.90. The molecule has 1 amide bonds. The van der Waals surface area contributed by atoms with Gasteiger partial charge in [0.05, 0.1) is 28.9 Å². The van der Waals surface area contributed by atoms with Crippen LogP contribution in [0.25, 0.3) is 0 Å². The zero-order valence-electron chi connectivity index (χ0n) is 13.8. The van der Waals surface area contributed by atoms with Gasteiger partial charge in [-0.25, -0.2) is 0 Å². The van der Waals surface area contributed by atoms with E-state index < -0.39 is 5.97 Å². The van der Waals surface area contributed by atoms with Crippen LogP contribution in [0.1, 0.15) is 56.6 Å². The van der Waals surface area contributed by atoms with Crippen molar-refractivity contribution in [2.24, 2.45) is 5.92 Å². The molecule has 6 heteroatoms. The predicted molar refractivity (Wildman–Crippen MR) is 82.9 cm³/mol. The molecule has 0 radical (unpaired) electrons. The second-order valence-electron chi connectivity index (χ2n) is 6.85. The van der Waals surface area contributed by atoms with Crippen LogP contribution in [0.3, 0.4) is 0 Å². The number of aromatic nitrogens is 2. The van der Waals surface area contributed by atoms with Crippen molar-refractivity contribution in [3.63, 3.8) is 0 Å². The van der Waals surface area contributed by atoms with Gasteiger partial charge in [0, 0.05) is 13.1 Å². The van der Waals surface area contributed by atoms with E-state index >= 15 is 0 Å². The molecule has 0 aliphatic carbocycles. The molecule has 1 aliphatic heterocycles. The number of rotatable bonds is 3. The number of carbonyl (C=O) groups excluding carboxylic acids is 1. The van der Waals surface area contributed by atoms with E-state index in [4.69, 9.17) is 5.11 Å². The number of hydrogen-bond donors (Lipinski definition) is 1. The van der Waals surface area contributed by atoms with Gasteiger partial charge in [-0.2, -0.15) is 5.10 Å². The van der Waals surface area contributed by atoms with E-state index in [0.717, 1.165) is 12.1 Å². The van der Waals surface area contributed by atoms with E-state index in [-0.39, 0.29) is 17.4 Å². The van der Waals surface area contributed by atoms with Crippen LogP contribution in [0.2, 0.25) is 0 Å². The van der Waals surface area contributed by atoms with Gasteiger partial charge in [0.25, 0.3) is 5.91 Å². The maximum Gasteiger partial charge on any atom is 0.306 e. The second kappa shape index (κ2) is 6.10. The van der Waals surface area contributed by atoms with Crippen LogP contribution >= 0.6 is 0 Å². The van der Waals surface area contributed by atoms with Crippen molar-refractivity contribution in [3.8, 4) is 0 Å². The van der Waals surface area contributed by atoms with Crippen LogP contribution < -0.4 is 0 Å². The number of likely N-dealkylation sites (tertiary alicyclic amines) is 1. The normalized spacial score (nSPS) is 16.8. The molecule has 1 N–H and O–H groups in total. The molecule has 0 atom stereocenters. The zero-order chi connectivity index (χ0) is 16.5. The Balaban J connectivity index is 2.17. The summed E-state index contributed by atoms with van der Waals surface area (Å²) in [5, 5.41) is 13.4. The number of aliphatic carboxylic acids is 1. The van der Waals surface area contributed by atoms with Crippen molar-refractivity contribution >= 4 is 11.9 Å². The Morgan fingerprint density at radius 3 is 2.36 bits per heavy atom. The SMILES string of the molecule is CCc1c(C(=O)N2CCC(C(=O)O)CC2)cnn1C(C)(C)C. The van der Waals surface area contributed by atoms with E-state index in [1.807, 2.05) is 11.6 Å². The molecular formula is C16H25N3O3. The van der Waals surface area contributed by atoms with Gasteiger partial charge in [-0.3, -0.25) is 14.3 Å². The second-order valence-corrected chi connectivity index (χ2v) is 6.85. The highest BCUT2D eigenvalue weighted by atomic mass is 16.4. The first kappa shape index (κ1) is 16.5. The Kier molecular flexibility index (Phi) is 4.58. The predicted octanol–water partition coefficient (Wildman–Crippen LogP) is 2.14. The molecule has 2 rings (SSSR count). The highest BCUT2D eigenvalue weighted by molar-refractivity contribution is 5.95. The number of carboxylic acid groups (broad SMARTS) is 1. The van der Waals surface area contributed by atoms with Crippen LogP contribution in [0.4, 0.5) is 0 Å². The zero-order valence-corrected chi connectivity index (χ0v) is 13.8. The third-order valence-corrected chi connectivity index (χ3v) is 4.20. The molecule has 1 aliphatic rings. The summed E-state index contributed by atoms with van der Waals surface area (Å²) in [6.07, 6.45) is 3.44. The standard InChI is InChI=1S/C16H25N3O3/c1-5-13-12(10-17-19(13)16(2,3)4)14(20)18-8-6-11(7-9-18)15(21)22/h10-11H,5-9H2,1-4H3,(H,21,22). The Morgan fingerprint density at radius 1 is 1.32 bits per heavy atom. The van der Waals surface area contributed by atoms with Crippen LogP contribution in [-0.2, 0) is 16.8 Å². The van der Waals surface area contributed by atoms with Crippen LogP contribution in [0, 0.1) is 5.92 Å². The minimum absolute atomic E-state index is 0.0313. The number of nitrogens with zero attached hydrogens (tertiary/aromatic N) is 3. The topological polar surface area (TPSA) is 75.4 Å². The molecule has 122 valence electrons. The number of carboxylic acids is 1. The lowest BCUT2D eigenvalue weighted by Gasteiger charge is -2.30. The third kappa shape index (κ3) is 3.15. The molecule has 1 saturated heterocycles. The summed E-state index contributed by atoms with van der Waals surface area (Å²) in [6, 6.07) is 0. The minimum atomic E-state index is -0.762. The van der Waals surface area contributed by atoms with Crippen molar-refractivity contribution in [1.82, 2.24) is 14.7 Å². The maximum atomic E-state index is 12.7. The van der Waals surface area contributed by atoms with Crippen molar-refractivity contribution in [2.75, 3.05) is 13.1 Å². The molecular weight excluding hydrogens is 282 g/mol. The number of amides is 1. The first-order chi connectivity index (χ1) is 10.3. The molecule has 0 bridgehead atoms. The van der Waals surface area contributed by atoms with Crippen molar-refractivity contribution in [3.05, 3.63) is 17.5 Å². The molecule has 0 aromatic carbocycles. The molecule has 6 nitrogen and oxygen atoms in total. The first-order valence-corrected chi connectivity index (χ1v) is 7.85. The highest BCUT2D eigenvalue weighted by Gasteiger charge is 2.30. The summed E-state index contributed by atoms with van der Waals surface area (Å²) >= 11 is 0. The van der Waals surface area contributed by atoms with Gasteiger partial charge in [0.2, 0.25) is 0 Å². The summed E-state index contributed by atoms with van der Waals surface area (Å²) in [4.78, 5) is 25.5. The van der Waals surface area contributed by atoms with Gasteiger partial charge in [-0.15, -0.1) is 0 Å². The van der Waals surface area contributed by atoms with Gasteiger partial charge < -0.3 is 10.0 Å². The smallest absolute Gasteiger partial charge is 0.306 e. The number of piperidine rings is 1. The quantitative estimate of drug-likeness (QED) is 0.928. The van der Waals surface area contributed by atoms with E-state index in [0.29, 0.717) is 31.5 Å². The minimum Gasteiger partial charge on any atom is -0.481 e. The Labute approximate surface area is 131 Å². The lowest BCUT2D eigenvalue weighted by molar-refractivity contribution is -0.143. The molecule has 1 aromatic rings. The monoisotopic (exact) mass is 307 g/mol. The Bertz CT molecular complexity index is 564. The summed E-state index contributed by atoms with van der Waals surface area (Å²) in [6.45, 7) is 9.20. The highest BCUT2D eigenvalue weighted by Crippen LogP contribution is 2.23. The third-order valence-electron chi connectivity index (χ3n) is 4.20. The lowest BCUT2D eigenvalue weighted by atomic mass is 9.96. The maximum absolute atomic E-state index is 12.7. The molecule has 22 heavy (non-hydrogen) atoms. The summed E-state index contributed by atoms with van der Waals surface area (Å²) in [5.41, 5.74) is 1.42. The number of carbonyl (C=O) groups is 2. The Hall–Kier alpha value is -1.85. The Morgan fingerprint density at radius 2 is 1.91 bits per heavy atom. The fourth-order valence-corrected chi connectivity index (χ4v) is 2.97. The summed E-state index contributed by atoms with van der Waals surface area (Å²) < 4.78 is 1.91. The average molecular weight is 307 g/mol. The molecule has 1 aromatic heterocycles. The summed E-state index contributed by atoms with van der Waals surface area (Å²) in [7, 11) is 0. The van der Waals surface area contributed by atoms with Gasteiger partial charge in [-0.1, -0.05) is 6.92 Å². The van der Waals surface area contributed by atoms with Crippen molar-refractivity contribution < 1.29 is 14.7 Å². The van der Waals surface area contributed by atoms with Gasteiger partial charge in [0.15, 0.2) is 0 Å². The van der Waals surface area contributed by atoms with Crippen molar-refractivity contribution in [2.45, 2.75) is 52.5 Å². The molecule has 0 unspecified atom stereocenters. The van der Waals surface area contributed by atoms with Crippen LogP contribution in [-0.4, -0.2) is 44.8 Å². The molecule has 0 saturated carbocycles. The first-order valence-electron chi connectivity index (χ1n) is 7.85. The van der Waals surface area contributed by atoms with E-state index in [9.17, 15) is 9.59 Å². The van der Waals surface area contributed by atoms with E-state index in [2.05, 4.69) is 25.9 Å². The largest absolute Gasteiger partial charge is 0.481 e. The summed E-state index contributed by atoms with van der Waals surface area (Å²) in [5.74, 6) is -1.12. The van der Waals surface area contributed by atoms with E-state index in [1.165, 1.54) is 0 Å². The van der Waals surface area contributed by atoms with Crippen LogP contribution in [0.5, 0.6) is 0 Å². The fourth-order valence-electron chi connectivity index (χ4n) is 2.97. The van der Waals surface area contributed by atoms with Crippen LogP contribution in [0.15, 0.2) is 6.20 Å².